The van der Waals surface area contributed by atoms with Gasteiger partial charge < -0.3 is 9.64 Å². The van der Waals surface area contributed by atoms with Gasteiger partial charge in [0.05, 0.1) is 18.0 Å². The van der Waals surface area contributed by atoms with E-state index in [1.165, 1.54) is 0 Å². The van der Waals surface area contributed by atoms with Gasteiger partial charge in [-0.2, -0.15) is 0 Å². The Labute approximate surface area is 108 Å². The quantitative estimate of drug-likeness (QED) is 0.884. The smallest absolute Gasteiger partial charge is 0.230 e. The van der Waals surface area contributed by atoms with Crippen molar-refractivity contribution in [2.75, 3.05) is 30.0 Å². The van der Waals surface area contributed by atoms with Crippen molar-refractivity contribution in [2.24, 2.45) is 0 Å². The Kier molecular flexibility index (Phi) is 3.38. The van der Waals surface area contributed by atoms with Crippen molar-refractivity contribution in [3.05, 3.63) is 18.2 Å². The van der Waals surface area contributed by atoms with E-state index in [4.69, 9.17) is 4.74 Å². The summed E-state index contributed by atoms with van der Waals surface area (Å²) in [5, 5.41) is 0. The Hall–Kier alpha value is -1.43. The molecule has 0 aromatic heterocycles. The number of ether oxygens (including phenoxy) is 1. The number of benzene rings is 1. The Morgan fingerprint density at radius 2 is 2.00 bits per heavy atom. The average Bonchev–Trinajstić information content (AvgIpc) is 3.02. The van der Waals surface area contributed by atoms with Gasteiger partial charge >= 0.3 is 0 Å². The Balaban J connectivity index is 2.40. The number of para-hydroxylation sites is 1. The van der Waals surface area contributed by atoms with Gasteiger partial charge in [-0.15, -0.1) is 0 Å². The second kappa shape index (κ2) is 4.68. The maximum atomic E-state index is 11.4. The van der Waals surface area contributed by atoms with E-state index in [-0.39, 0.29) is 6.10 Å². The lowest BCUT2D eigenvalue weighted by Gasteiger charge is -2.20. The highest BCUT2D eigenvalue weighted by atomic mass is 32.2. The van der Waals surface area contributed by atoms with Crippen molar-refractivity contribution in [2.45, 2.75) is 18.9 Å². The normalized spacial score (nSPS) is 15.3. The number of nitrogens with zero attached hydrogens (tertiary/aromatic N) is 1. The van der Waals surface area contributed by atoms with Gasteiger partial charge in [0.15, 0.2) is 0 Å². The van der Waals surface area contributed by atoms with Gasteiger partial charge in [-0.05, 0) is 25.0 Å². The fourth-order valence-electron chi connectivity index (χ4n) is 1.64. The summed E-state index contributed by atoms with van der Waals surface area (Å²) < 4.78 is 31.2. The van der Waals surface area contributed by atoms with E-state index in [1.807, 2.05) is 31.1 Å². The molecule has 0 saturated heterocycles. The maximum Gasteiger partial charge on any atom is 0.230 e. The molecule has 0 spiro atoms. The second-order valence-electron chi connectivity index (χ2n) is 4.74. The predicted molar refractivity (Wildman–Crippen MR) is 72.9 cm³/mol. The highest BCUT2D eigenvalue weighted by Crippen LogP contribution is 2.38. The van der Waals surface area contributed by atoms with Gasteiger partial charge in [-0.3, -0.25) is 4.72 Å². The van der Waals surface area contributed by atoms with E-state index >= 15 is 0 Å². The number of anilines is 2. The van der Waals surface area contributed by atoms with E-state index in [0.29, 0.717) is 11.4 Å². The molecule has 0 aliphatic heterocycles. The van der Waals surface area contributed by atoms with Crippen LogP contribution in [0.15, 0.2) is 18.2 Å². The number of rotatable bonds is 5. The maximum absolute atomic E-state index is 11.4. The summed E-state index contributed by atoms with van der Waals surface area (Å²) in [5.74, 6) is 0.592. The van der Waals surface area contributed by atoms with Crippen LogP contribution in [0.3, 0.4) is 0 Å². The molecular formula is C12H18N2O3S. The molecule has 0 heterocycles. The van der Waals surface area contributed by atoms with Gasteiger partial charge in [0.25, 0.3) is 0 Å². The summed E-state index contributed by atoms with van der Waals surface area (Å²) in [6, 6.07) is 5.51. The molecule has 1 aromatic carbocycles. The van der Waals surface area contributed by atoms with Gasteiger partial charge in [0, 0.05) is 14.1 Å². The highest BCUT2D eigenvalue weighted by molar-refractivity contribution is 7.92. The first-order valence-corrected chi connectivity index (χ1v) is 7.71. The van der Waals surface area contributed by atoms with E-state index in [0.717, 1.165) is 24.8 Å². The molecule has 1 fully saturated rings. The van der Waals surface area contributed by atoms with Gasteiger partial charge in [-0.1, -0.05) is 6.07 Å². The number of hydrogen-bond donors (Lipinski definition) is 1. The third kappa shape index (κ3) is 3.29. The first-order chi connectivity index (χ1) is 8.37. The molecule has 0 amide bonds. The highest BCUT2D eigenvalue weighted by Gasteiger charge is 2.26. The van der Waals surface area contributed by atoms with Crippen LogP contribution < -0.4 is 14.4 Å². The number of nitrogens with one attached hydrogen (secondary N) is 1. The number of hydrogen-bond acceptors (Lipinski definition) is 4. The fraction of sp³-hybridized carbons (Fsp3) is 0.500. The molecule has 0 unspecified atom stereocenters. The average molecular weight is 270 g/mol. The fourth-order valence-corrected chi connectivity index (χ4v) is 2.22. The standard InChI is InChI=1S/C12H18N2O3S/c1-14(2)10-5-4-6-11(17-9-7-8-9)12(10)13-18(3,15)16/h4-6,9,13H,7-8H2,1-3H3. The molecule has 1 N–H and O–H groups in total. The molecular weight excluding hydrogens is 252 g/mol. The molecule has 6 heteroatoms. The SMILES string of the molecule is CN(C)c1cccc(OC2CC2)c1NS(C)(=O)=O. The van der Waals surface area contributed by atoms with Crippen LogP contribution in [0.2, 0.25) is 0 Å². The predicted octanol–water partition coefficient (Wildman–Crippen LogP) is 1.67. The van der Waals surface area contributed by atoms with E-state index in [9.17, 15) is 8.42 Å². The van der Waals surface area contributed by atoms with Crippen LogP contribution >= 0.6 is 0 Å². The van der Waals surface area contributed by atoms with Crippen LogP contribution in [-0.2, 0) is 10.0 Å². The minimum atomic E-state index is -3.33. The first kappa shape index (κ1) is 13.0. The van der Waals surface area contributed by atoms with Crippen molar-refractivity contribution >= 4 is 21.4 Å². The van der Waals surface area contributed by atoms with Crippen LogP contribution in [-0.4, -0.2) is 34.9 Å². The van der Waals surface area contributed by atoms with Gasteiger partial charge in [0.1, 0.15) is 11.4 Å². The lowest BCUT2D eigenvalue weighted by molar-refractivity contribution is 0.305. The summed E-state index contributed by atoms with van der Waals surface area (Å²) in [6.07, 6.45) is 3.43. The summed E-state index contributed by atoms with van der Waals surface area (Å²) in [7, 11) is 0.402. The largest absolute Gasteiger partial charge is 0.488 e. The van der Waals surface area contributed by atoms with E-state index in [1.54, 1.807) is 6.07 Å². The monoisotopic (exact) mass is 270 g/mol. The van der Waals surface area contributed by atoms with E-state index in [2.05, 4.69) is 4.72 Å². The van der Waals surface area contributed by atoms with Gasteiger partial charge in [0.2, 0.25) is 10.0 Å². The topological polar surface area (TPSA) is 58.6 Å². The van der Waals surface area contributed by atoms with Crippen molar-refractivity contribution in [1.82, 2.24) is 0 Å². The van der Waals surface area contributed by atoms with Crippen LogP contribution in [0, 0.1) is 0 Å². The molecule has 0 atom stereocenters. The molecule has 1 saturated carbocycles. The Morgan fingerprint density at radius 1 is 1.33 bits per heavy atom. The van der Waals surface area contributed by atoms with Crippen LogP contribution in [0.1, 0.15) is 12.8 Å². The third-order valence-corrected chi connectivity index (χ3v) is 3.17. The zero-order valence-corrected chi connectivity index (χ0v) is 11.6. The summed E-state index contributed by atoms with van der Waals surface area (Å²) >= 11 is 0. The zero-order chi connectivity index (χ0) is 13.3. The minimum Gasteiger partial charge on any atom is -0.488 e. The van der Waals surface area contributed by atoms with Crippen molar-refractivity contribution in [3.8, 4) is 5.75 Å². The first-order valence-electron chi connectivity index (χ1n) is 5.81. The van der Waals surface area contributed by atoms with Crippen molar-refractivity contribution < 1.29 is 13.2 Å². The third-order valence-electron chi connectivity index (χ3n) is 2.59. The lowest BCUT2D eigenvalue weighted by Crippen LogP contribution is -2.17. The van der Waals surface area contributed by atoms with Crippen LogP contribution in [0.25, 0.3) is 0 Å². The zero-order valence-electron chi connectivity index (χ0n) is 10.8. The Morgan fingerprint density at radius 3 is 2.50 bits per heavy atom. The molecule has 0 bridgehead atoms. The van der Waals surface area contributed by atoms with Crippen LogP contribution in [0.5, 0.6) is 5.75 Å². The van der Waals surface area contributed by atoms with E-state index < -0.39 is 10.0 Å². The lowest BCUT2D eigenvalue weighted by atomic mass is 10.2. The second-order valence-corrected chi connectivity index (χ2v) is 6.48. The summed E-state index contributed by atoms with van der Waals surface area (Å²) in [4.78, 5) is 1.85. The molecule has 2 rings (SSSR count). The van der Waals surface area contributed by atoms with Crippen molar-refractivity contribution in [3.63, 3.8) is 0 Å². The number of sulfonamides is 1. The van der Waals surface area contributed by atoms with Crippen molar-refractivity contribution in [1.29, 1.82) is 0 Å². The molecule has 0 radical (unpaired) electrons. The molecule has 18 heavy (non-hydrogen) atoms. The van der Waals surface area contributed by atoms with Gasteiger partial charge in [-0.25, -0.2) is 8.42 Å². The summed E-state index contributed by atoms with van der Waals surface area (Å²) in [5.41, 5.74) is 1.30. The minimum absolute atomic E-state index is 0.225. The molecule has 5 nitrogen and oxygen atoms in total. The van der Waals surface area contributed by atoms with Crippen LogP contribution in [0.4, 0.5) is 11.4 Å². The Bertz CT molecular complexity index is 536. The molecule has 1 aliphatic carbocycles. The molecule has 1 aromatic rings. The molecule has 100 valence electrons. The molecule has 1 aliphatic rings. The summed E-state index contributed by atoms with van der Waals surface area (Å²) in [6.45, 7) is 0.